The molecule has 1 saturated heterocycles. The van der Waals surface area contributed by atoms with Gasteiger partial charge in [0, 0.05) is 17.6 Å². The predicted molar refractivity (Wildman–Crippen MR) is 90.2 cm³/mol. The molecule has 1 aromatic heterocycles. The van der Waals surface area contributed by atoms with Gasteiger partial charge >= 0.3 is 0 Å². The van der Waals surface area contributed by atoms with Crippen LogP contribution in [0.15, 0.2) is 30.3 Å². The Morgan fingerprint density at radius 2 is 2.14 bits per heavy atom. The number of benzene rings is 1. The second kappa shape index (κ2) is 6.58. The van der Waals surface area contributed by atoms with Crippen LogP contribution in [0, 0.1) is 6.92 Å². The molecule has 1 aromatic carbocycles. The van der Waals surface area contributed by atoms with Crippen molar-refractivity contribution in [1.82, 2.24) is 15.6 Å². The highest BCUT2D eigenvalue weighted by Crippen LogP contribution is 2.27. The molecule has 1 aliphatic rings. The quantitative estimate of drug-likeness (QED) is 0.915. The molecule has 2 N–H and O–H groups in total. The average molecular weight is 315 g/mol. The Balaban J connectivity index is 1.77. The summed E-state index contributed by atoms with van der Waals surface area (Å²) in [6.07, 6.45) is 2.13. The van der Waals surface area contributed by atoms with E-state index in [0.717, 1.165) is 40.5 Å². The first-order valence-electron chi connectivity index (χ1n) is 7.72. The SMILES string of the molecule is Cc1nc(-c2ccccc2)sc1C(=O)NC1CCCNC1C. The number of amides is 1. The van der Waals surface area contributed by atoms with E-state index in [0.29, 0.717) is 6.04 Å². The topological polar surface area (TPSA) is 54.0 Å². The van der Waals surface area contributed by atoms with E-state index in [1.807, 2.05) is 37.3 Å². The van der Waals surface area contributed by atoms with E-state index in [4.69, 9.17) is 0 Å². The summed E-state index contributed by atoms with van der Waals surface area (Å²) in [5.41, 5.74) is 1.86. The smallest absolute Gasteiger partial charge is 0.263 e. The fraction of sp³-hybridized carbons (Fsp3) is 0.412. The summed E-state index contributed by atoms with van der Waals surface area (Å²) in [5, 5.41) is 7.47. The van der Waals surface area contributed by atoms with Crippen LogP contribution in [0.2, 0.25) is 0 Å². The summed E-state index contributed by atoms with van der Waals surface area (Å²) >= 11 is 1.47. The Labute approximate surface area is 135 Å². The van der Waals surface area contributed by atoms with Gasteiger partial charge in [0.2, 0.25) is 0 Å². The summed E-state index contributed by atoms with van der Waals surface area (Å²) in [6.45, 7) is 5.06. The van der Waals surface area contributed by atoms with Crippen molar-refractivity contribution in [2.24, 2.45) is 0 Å². The van der Waals surface area contributed by atoms with Gasteiger partial charge in [0.25, 0.3) is 5.91 Å². The van der Waals surface area contributed by atoms with Crippen molar-refractivity contribution in [1.29, 1.82) is 0 Å². The lowest BCUT2D eigenvalue weighted by atomic mass is 10.00. The minimum absolute atomic E-state index is 0.00210. The molecule has 0 saturated carbocycles. The second-order valence-corrected chi connectivity index (χ2v) is 6.76. The van der Waals surface area contributed by atoms with Crippen molar-refractivity contribution in [3.8, 4) is 10.6 Å². The molecule has 116 valence electrons. The van der Waals surface area contributed by atoms with Crippen LogP contribution < -0.4 is 10.6 Å². The van der Waals surface area contributed by atoms with Gasteiger partial charge in [-0.05, 0) is 33.2 Å². The fourth-order valence-corrected chi connectivity index (χ4v) is 3.76. The molecule has 1 aliphatic heterocycles. The zero-order chi connectivity index (χ0) is 15.5. The summed E-state index contributed by atoms with van der Waals surface area (Å²) < 4.78 is 0. The van der Waals surface area contributed by atoms with Gasteiger partial charge in [0.15, 0.2) is 0 Å². The molecule has 5 heteroatoms. The van der Waals surface area contributed by atoms with Gasteiger partial charge in [-0.15, -0.1) is 11.3 Å². The number of carbonyl (C=O) groups excluding carboxylic acids is 1. The van der Waals surface area contributed by atoms with Crippen LogP contribution in [0.3, 0.4) is 0 Å². The van der Waals surface area contributed by atoms with Crippen molar-refractivity contribution in [2.75, 3.05) is 6.54 Å². The van der Waals surface area contributed by atoms with Gasteiger partial charge in [-0.25, -0.2) is 4.98 Å². The number of nitrogens with zero attached hydrogens (tertiary/aromatic N) is 1. The Morgan fingerprint density at radius 1 is 1.36 bits per heavy atom. The van der Waals surface area contributed by atoms with Crippen molar-refractivity contribution in [2.45, 2.75) is 38.8 Å². The molecule has 2 aromatic rings. The van der Waals surface area contributed by atoms with Crippen LogP contribution in [0.25, 0.3) is 10.6 Å². The number of carbonyl (C=O) groups is 1. The van der Waals surface area contributed by atoms with Gasteiger partial charge in [-0.2, -0.15) is 0 Å². The van der Waals surface area contributed by atoms with Crippen molar-refractivity contribution in [3.05, 3.63) is 40.9 Å². The summed E-state index contributed by atoms with van der Waals surface area (Å²) in [6, 6.07) is 10.5. The van der Waals surface area contributed by atoms with E-state index in [9.17, 15) is 4.79 Å². The van der Waals surface area contributed by atoms with E-state index in [2.05, 4.69) is 22.5 Å². The molecule has 0 radical (unpaired) electrons. The van der Waals surface area contributed by atoms with E-state index in [-0.39, 0.29) is 11.9 Å². The Bertz CT molecular complexity index is 653. The molecule has 2 unspecified atom stereocenters. The number of hydrogen-bond donors (Lipinski definition) is 2. The lowest BCUT2D eigenvalue weighted by Crippen LogP contribution is -2.51. The van der Waals surface area contributed by atoms with Crippen LogP contribution in [0.4, 0.5) is 0 Å². The minimum atomic E-state index is -0.00210. The number of aryl methyl sites for hydroxylation is 1. The van der Waals surface area contributed by atoms with Gasteiger partial charge in [0.05, 0.1) is 5.69 Å². The third-order valence-electron chi connectivity index (χ3n) is 4.10. The molecule has 2 heterocycles. The summed E-state index contributed by atoms with van der Waals surface area (Å²) in [7, 11) is 0. The van der Waals surface area contributed by atoms with E-state index < -0.39 is 0 Å². The number of rotatable bonds is 3. The highest BCUT2D eigenvalue weighted by atomic mass is 32.1. The Kier molecular flexibility index (Phi) is 4.55. The molecular formula is C17H21N3OS. The highest BCUT2D eigenvalue weighted by molar-refractivity contribution is 7.17. The first-order chi connectivity index (χ1) is 10.6. The maximum atomic E-state index is 12.6. The lowest BCUT2D eigenvalue weighted by molar-refractivity contribution is 0.0923. The van der Waals surface area contributed by atoms with Crippen LogP contribution in [-0.4, -0.2) is 29.5 Å². The third kappa shape index (κ3) is 3.20. The van der Waals surface area contributed by atoms with Gasteiger partial charge in [-0.1, -0.05) is 30.3 Å². The average Bonchev–Trinajstić information content (AvgIpc) is 2.92. The first kappa shape index (κ1) is 15.2. The second-order valence-electron chi connectivity index (χ2n) is 5.76. The standard InChI is InChI=1S/C17H21N3OS/c1-11-14(9-6-10-18-11)20-16(21)15-12(2)19-17(22-15)13-7-4-3-5-8-13/h3-5,7-8,11,14,18H,6,9-10H2,1-2H3,(H,20,21). The summed E-state index contributed by atoms with van der Waals surface area (Å²) in [5.74, 6) is -0.00210. The monoisotopic (exact) mass is 315 g/mol. The lowest BCUT2D eigenvalue weighted by Gasteiger charge is -2.30. The molecular weight excluding hydrogens is 294 g/mol. The summed E-state index contributed by atoms with van der Waals surface area (Å²) in [4.78, 5) is 17.8. The number of thiazole rings is 1. The maximum Gasteiger partial charge on any atom is 0.263 e. The molecule has 0 bridgehead atoms. The molecule has 2 atom stereocenters. The maximum absolute atomic E-state index is 12.6. The van der Waals surface area contributed by atoms with Crippen LogP contribution in [0.1, 0.15) is 35.1 Å². The van der Waals surface area contributed by atoms with Crippen LogP contribution in [-0.2, 0) is 0 Å². The molecule has 0 spiro atoms. The molecule has 0 aliphatic carbocycles. The molecule has 3 rings (SSSR count). The Hall–Kier alpha value is -1.72. The van der Waals surface area contributed by atoms with Gasteiger partial charge in [0.1, 0.15) is 9.88 Å². The van der Waals surface area contributed by atoms with Gasteiger partial charge in [-0.3, -0.25) is 4.79 Å². The number of hydrogen-bond acceptors (Lipinski definition) is 4. The largest absolute Gasteiger partial charge is 0.347 e. The predicted octanol–water partition coefficient (Wildman–Crippen LogP) is 2.99. The van der Waals surface area contributed by atoms with Crippen LogP contribution >= 0.6 is 11.3 Å². The zero-order valence-corrected chi connectivity index (χ0v) is 13.7. The highest BCUT2D eigenvalue weighted by Gasteiger charge is 2.24. The molecule has 1 fully saturated rings. The normalized spacial score (nSPS) is 21.5. The van der Waals surface area contributed by atoms with Crippen molar-refractivity contribution >= 4 is 17.2 Å². The minimum Gasteiger partial charge on any atom is -0.347 e. The number of nitrogens with one attached hydrogen (secondary N) is 2. The molecule has 22 heavy (non-hydrogen) atoms. The van der Waals surface area contributed by atoms with Crippen molar-refractivity contribution < 1.29 is 4.79 Å². The van der Waals surface area contributed by atoms with E-state index in [1.165, 1.54) is 11.3 Å². The van der Waals surface area contributed by atoms with Crippen molar-refractivity contribution in [3.63, 3.8) is 0 Å². The number of aromatic nitrogens is 1. The van der Waals surface area contributed by atoms with Crippen LogP contribution in [0.5, 0.6) is 0 Å². The fourth-order valence-electron chi connectivity index (χ4n) is 2.79. The van der Waals surface area contributed by atoms with Gasteiger partial charge < -0.3 is 10.6 Å². The third-order valence-corrected chi connectivity index (χ3v) is 5.31. The zero-order valence-electron chi connectivity index (χ0n) is 12.9. The van der Waals surface area contributed by atoms with E-state index in [1.54, 1.807) is 0 Å². The Morgan fingerprint density at radius 3 is 2.86 bits per heavy atom. The number of piperidine rings is 1. The van der Waals surface area contributed by atoms with E-state index >= 15 is 0 Å². The first-order valence-corrected chi connectivity index (χ1v) is 8.54. The molecule has 1 amide bonds. The molecule has 4 nitrogen and oxygen atoms in total.